The van der Waals surface area contributed by atoms with Gasteiger partial charge in [0.25, 0.3) is 11.8 Å². The molecule has 7 aromatic rings. The van der Waals surface area contributed by atoms with Gasteiger partial charge in [0, 0.05) is 84.5 Å². The third-order valence-electron chi connectivity index (χ3n) is 11.9. The molecule has 0 spiro atoms. The number of nitrogens with zero attached hydrogens (tertiary/aromatic N) is 8. The number of carboxylic acids is 1. The molecule has 2 unspecified atom stereocenters. The summed E-state index contributed by atoms with van der Waals surface area (Å²) in [6, 6.07) is 28.7. The van der Waals surface area contributed by atoms with Crippen molar-refractivity contribution in [3.8, 4) is 46.0 Å². The van der Waals surface area contributed by atoms with Gasteiger partial charge in [0.1, 0.15) is 15.8 Å². The van der Waals surface area contributed by atoms with Crippen LogP contribution >= 0.6 is 34.5 Å². The number of benzene rings is 2. The van der Waals surface area contributed by atoms with E-state index in [1.165, 1.54) is 21.1 Å². The molecular weight excluding hydrogens is 942 g/mol. The van der Waals surface area contributed by atoms with Gasteiger partial charge in [-0.1, -0.05) is 84.8 Å². The molecule has 16 nitrogen and oxygen atoms in total. The summed E-state index contributed by atoms with van der Waals surface area (Å²) in [5, 5.41) is 21.4. The number of rotatable bonds is 9. The van der Waals surface area contributed by atoms with Gasteiger partial charge >= 0.3 is 5.97 Å². The SMILES string of the molecule is CN(C)C(=O)c1ccc(-c2ccc3c(n2)Oc2nc(Cl)ccc2C3C(C)(C)C(=O)Nc2nncs2)cc1.CN(C)C(=O)c1ccc(-c2ccc3c(n2)Oc2nc(Cl)ccc2C3C(C)(C)C(=O)O)cc1. The number of anilines is 1. The van der Waals surface area contributed by atoms with Crippen LogP contribution in [0.1, 0.15) is 82.5 Å². The van der Waals surface area contributed by atoms with Gasteiger partial charge in [-0.25, -0.2) is 19.9 Å². The number of aliphatic carboxylic acids is 1. The smallest absolute Gasteiger partial charge is 0.310 e. The molecule has 0 saturated carbocycles. The molecule has 0 radical (unpaired) electrons. The molecule has 2 N–H and O–H groups in total. The Morgan fingerprint density at radius 1 is 0.580 bits per heavy atom. The van der Waals surface area contributed by atoms with Crippen LogP contribution < -0.4 is 14.8 Å². The number of amides is 3. The Morgan fingerprint density at radius 2 is 0.971 bits per heavy atom. The van der Waals surface area contributed by atoms with Crippen LogP contribution in [0.3, 0.4) is 0 Å². The average molecular weight is 987 g/mol. The van der Waals surface area contributed by atoms with Crippen molar-refractivity contribution < 1.29 is 33.8 Å². The van der Waals surface area contributed by atoms with Gasteiger partial charge in [-0.2, -0.15) is 0 Å². The Kier molecular flexibility index (Phi) is 13.2. The molecular formula is C50H45Cl2N9O7S. The predicted molar refractivity (Wildman–Crippen MR) is 261 cm³/mol. The predicted octanol–water partition coefficient (Wildman–Crippen LogP) is 10.1. The van der Waals surface area contributed by atoms with Crippen molar-refractivity contribution in [1.29, 1.82) is 0 Å². The second-order valence-electron chi connectivity index (χ2n) is 17.8. The van der Waals surface area contributed by atoms with Gasteiger partial charge in [0.15, 0.2) is 0 Å². The van der Waals surface area contributed by atoms with E-state index in [9.17, 15) is 24.3 Å². The topological polar surface area (TPSA) is 203 Å². The van der Waals surface area contributed by atoms with Crippen molar-refractivity contribution in [2.24, 2.45) is 10.8 Å². The molecule has 0 bridgehead atoms. The number of ether oxygens (including phenoxy) is 2. The first-order valence-corrected chi connectivity index (χ1v) is 23.0. The van der Waals surface area contributed by atoms with Crippen LogP contribution in [-0.4, -0.2) is 96.9 Å². The number of hydrogen-bond donors (Lipinski definition) is 2. The molecule has 2 atom stereocenters. The van der Waals surface area contributed by atoms with E-state index in [-0.39, 0.29) is 39.8 Å². The molecule has 7 heterocycles. The number of fused-ring (bicyclic) bond motifs is 4. The van der Waals surface area contributed by atoms with Crippen molar-refractivity contribution >= 4 is 63.4 Å². The van der Waals surface area contributed by atoms with E-state index < -0.39 is 28.6 Å². The highest BCUT2D eigenvalue weighted by Crippen LogP contribution is 2.53. The number of nitrogens with one attached hydrogen (secondary N) is 1. The molecule has 2 aliphatic rings. The molecule has 9 rings (SSSR count). The lowest BCUT2D eigenvalue weighted by molar-refractivity contribution is -0.147. The molecule has 5 aromatic heterocycles. The second kappa shape index (κ2) is 19.0. The Hall–Kier alpha value is -7.34. The van der Waals surface area contributed by atoms with E-state index in [0.717, 1.165) is 22.3 Å². The van der Waals surface area contributed by atoms with Crippen molar-refractivity contribution in [2.75, 3.05) is 33.5 Å². The molecule has 2 aromatic carbocycles. The standard InChI is InChI=1S/C26H23ClN6O3S.C24H22ClN3O4/c1-26(2,24(35)31-25-32-28-13-37-25)20-16-9-11-18(14-5-7-15(8-6-14)23(34)33(3)4)29-21(16)36-22-17(20)10-12-19(27)30-22;1-24(2,23(30)31)19-15-9-11-17(13-5-7-14(8-6-13)22(29)28(3)4)26-20(15)32-21-16(19)10-12-18(25)27-21/h5-13,20H,1-4H3,(H,31,32,35);5-12,19H,1-4H3,(H,30,31). The Morgan fingerprint density at radius 3 is 1.35 bits per heavy atom. The van der Waals surface area contributed by atoms with Gasteiger partial charge in [0.2, 0.25) is 34.6 Å². The first kappa shape index (κ1) is 48.1. The van der Waals surface area contributed by atoms with Crippen LogP contribution in [0.2, 0.25) is 10.3 Å². The van der Waals surface area contributed by atoms with Crippen LogP contribution in [-0.2, 0) is 9.59 Å². The normalized spacial score (nSPS) is 14.5. The zero-order valence-electron chi connectivity index (χ0n) is 38.6. The van der Waals surface area contributed by atoms with Crippen molar-refractivity contribution in [2.45, 2.75) is 39.5 Å². The third-order valence-corrected chi connectivity index (χ3v) is 13.0. The zero-order chi connectivity index (χ0) is 49.5. The summed E-state index contributed by atoms with van der Waals surface area (Å²) in [6.45, 7) is 7.05. The highest BCUT2D eigenvalue weighted by Gasteiger charge is 2.46. The van der Waals surface area contributed by atoms with Gasteiger partial charge < -0.3 is 29.7 Å². The molecule has 0 saturated heterocycles. The third kappa shape index (κ3) is 9.57. The molecule has 0 aliphatic carbocycles. The quantitative estimate of drug-likeness (QED) is 0.130. The van der Waals surface area contributed by atoms with E-state index in [2.05, 4.69) is 30.5 Å². The van der Waals surface area contributed by atoms with Crippen LogP contribution in [0.25, 0.3) is 22.5 Å². The molecule has 3 amide bonds. The molecule has 0 fully saturated rings. The van der Waals surface area contributed by atoms with Crippen molar-refractivity contribution in [1.82, 2.24) is 39.9 Å². The van der Waals surface area contributed by atoms with Gasteiger partial charge in [-0.3, -0.25) is 19.2 Å². The Labute approximate surface area is 411 Å². The van der Waals surface area contributed by atoms with Crippen LogP contribution in [0.15, 0.2) is 103 Å². The summed E-state index contributed by atoms with van der Waals surface area (Å²) in [4.78, 5) is 71.0. The number of hydrogen-bond acceptors (Lipinski definition) is 13. The van der Waals surface area contributed by atoms with Crippen molar-refractivity contribution in [3.05, 3.63) is 146 Å². The first-order chi connectivity index (χ1) is 32.7. The molecule has 352 valence electrons. The van der Waals surface area contributed by atoms with E-state index >= 15 is 0 Å². The van der Waals surface area contributed by atoms with Gasteiger partial charge in [-0.15, -0.1) is 10.2 Å². The summed E-state index contributed by atoms with van der Waals surface area (Å²) in [7, 11) is 6.82. The lowest BCUT2D eigenvalue weighted by Gasteiger charge is -2.37. The van der Waals surface area contributed by atoms with Crippen LogP contribution in [0.5, 0.6) is 23.5 Å². The summed E-state index contributed by atoms with van der Waals surface area (Å²) in [6.07, 6.45) is 0. The largest absolute Gasteiger partial charge is 0.481 e. The summed E-state index contributed by atoms with van der Waals surface area (Å²) in [5.74, 6) is -1.10. The summed E-state index contributed by atoms with van der Waals surface area (Å²) >= 11 is 13.5. The minimum Gasteiger partial charge on any atom is -0.481 e. The molecule has 19 heteroatoms. The number of halogens is 2. The lowest BCUT2D eigenvalue weighted by atomic mass is 9.70. The monoisotopic (exact) mass is 985 g/mol. The second-order valence-corrected chi connectivity index (χ2v) is 19.4. The Bertz CT molecular complexity index is 3130. The fourth-order valence-electron chi connectivity index (χ4n) is 8.18. The van der Waals surface area contributed by atoms with Crippen molar-refractivity contribution in [3.63, 3.8) is 0 Å². The van der Waals surface area contributed by atoms with Gasteiger partial charge in [-0.05, 0) is 74.5 Å². The number of carbonyl (C=O) groups excluding carboxylic acids is 3. The zero-order valence-corrected chi connectivity index (χ0v) is 40.9. The summed E-state index contributed by atoms with van der Waals surface area (Å²) < 4.78 is 12.1. The highest BCUT2D eigenvalue weighted by molar-refractivity contribution is 7.13. The highest BCUT2D eigenvalue weighted by atomic mass is 35.5. The maximum absolute atomic E-state index is 13.4. The number of carboxylic acid groups (broad SMARTS) is 1. The van der Waals surface area contributed by atoms with Crippen LogP contribution in [0, 0.1) is 10.8 Å². The minimum atomic E-state index is -1.14. The van der Waals surface area contributed by atoms with E-state index in [0.29, 0.717) is 50.5 Å². The maximum Gasteiger partial charge on any atom is 0.310 e. The lowest BCUT2D eigenvalue weighted by Crippen LogP contribution is -2.38. The molecule has 2 aliphatic heterocycles. The van der Waals surface area contributed by atoms with E-state index in [4.69, 9.17) is 37.7 Å². The van der Waals surface area contributed by atoms with Crippen LogP contribution in [0.4, 0.5) is 5.13 Å². The fraction of sp³-hybridized carbons (Fsp3) is 0.240. The fourth-order valence-corrected chi connectivity index (χ4v) is 8.90. The Balaban J connectivity index is 0.000000188. The number of carbonyl (C=O) groups is 4. The maximum atomic E-state index is 13.4. The van der Waals surface area contributed by atoms with E-state index in [1.54, 1.807) is 90.0 Å². The van der Waals surface area contributed by atoms with E-state index in [1.807, 2.05) is 68.4 Å². The number of aromatic nitrogens is 6. The summed E-state index contributed by atoms with van der Waals surface area (Å²) in [5.41, 5.74) is 6.33. The molecule has 69 heavy (non-hydrogen) atoms. The van der Waals surface area contributed by atoms with Gasteiger partial charge in [0.05, 0.1) is 22.2 Å². The number of pyridine rings is 4. The first-order valence-electron chi connectivity index (χ1n) is 21.4. The average Bonchev–Trinajstić information content (AvgIpc) is 3.84. The minimum absolute atomic E-state index is 0.0790.